The average molecular weight is 481 g/mol. The van der Waals surface area contributed by atoms with Crippen molar-refractivity contribution >= 4 is 92.6 Å². The number of benzene rings is 2. The van der Waals surface area contributed by atoms with Gasteiger partial charge in [-0.15, -0.1) is 0 Å². The van der Waals surface area contributed by atoms with Crippen LogP contribution in [-0.4, -0.2) is 63.7 Å². The van der Waals surface area contributed by atoms with Crippen molar-refractivity contribution < 1.29 is 25.9 Å². The molecule has 0 fully saturated rings. The molecule has 0 aromatic heterocycles. The van der Waals surface area contributed by atoms with Crippen LogP contribution < -0.4 is 11.5 Å². The molecule has 0 amide bonds. The maximum atomic E-state index is 10.7. The van der Waals surface area contributed by atoms with Crippen LogP contribution in [0.3, 0.4) is 0 Å². The molecule has 0 spiro atoms. The molecule has 0 unspecified atom stereocenters. The first-order valence-corrected chi connectivity index (χ1v) is 10.3. The van der Waals surface area contributed by atoms with E-state index in [1.807, 2.05) is 0 Å². The predicted octanol–water partition coefficient (Wildman–Crippen LogP) is 1.89. The molecular weight excluding hydrogens is 467 g/mol. The van der Waals surface area contributed by atoms with E-state index in [2.05, 4.69) is 0 Å². The van der Waals surface area contributed by atoms with Gasteiger partial charge in [-0.2, -0.15) is 0 Å². The molecule has 0 heterocycles. The van der Waals surface area contributed by atoms with Crippen LogP contribution in [-0.2, 0) is 20.2 Å². The second-order valence-corrected chi connectivity index (χ2v) is 8.57. The second-order valence-electron chi connectivity index (χ2n) is 5.12. The van der Waals surface area contributed by atoms with Crippen LogP contribution >= 0.6 is 23.2 Å². The van der Waals surface area contributed by atoms with Gasteiger partial charge in [-0.05, 0) is 37.1 Å². The molecule has 13 heteroatoms. The number of aryl methyl sites for hydroxylation is 2. The molecule has 0 bridgehead atoms. The third-order valence-electron chi connectivity index (χ3n) is 3.23. The van der Waals surface area contributed by atoms with Gasteiger partial charge in [0.2, 0.25) is 0 Å². The van der Waals surface area contributed by atoms with Gasteiger partial charge in [-0.1, -0.05) is 35.3 Å². The fourth-order valence-corrected chi connectivity index (χ4v) is 4.22. The molecule has 0 atom stereocenters. The molecule has 0 aliphatic rings. The molecule has 0 radical (unpaired) electrons. The fraction of sp³-hybridized carbons (Fsp3) is 0.143. The smallest absolute Gasteiger partial charge is 0.744 e. The molecule has 2 rings (SSSR count). The van der Waals surface area contributed by atoms with E-state index in [9.17, 15) is 25.9 Å². The topological polar surface area (TPSA) is 166 Å². The summed E-state index contributed by atoms with van der Waals surface area (Å²) in [6, 6.07) is 5.76. The molecule has 2 aromatic rings. The Kier molecular flexibility index (Phi) is 9.84. The summed E-state index contributed by atoms with van der Waals surface area (Å²) in [5.74, 6) is 0. The zero-order valence-corrected chi connectivity index (χ0v) is 19.5. The zero-order valence-electron chi connectivity index (χ0n) is 14.2. The summed E-state index contributed by atoms with van der Waals surface area (Å²) >= 11 is 11.1. The number of anilines is 2. The molecular formula is C14H14CaCl2N2O6S2. The molecule has 4 N–H and O–H groups in total. The van der Waals surface area contributed by atoms with Gasteiger partial charge in [-0.25, -0.2) is 16.8 Å². The minimum atomic E-state index is -4.59. The Morgan fingerprint density at radius 2 is 1.00 bits per heavy atom. The van der Waals surface area contributed by atoms with Gasteiger partial charge < -0.3 is 20.6 Å². The summed E-state index contributed by atoms with van der Waals surface area (Å²) in [4.78, 5) is -1.07. The normalized spacial score (nSPS) is 11.2. The minimum absolute atomic E-state index is 0. The van der Waals surface area contributed by atoms with E-state index in [-0.39, 0.29) is 59.2 Å². The Balaban J connectivity index is 0.000000483. The van der Waals surface area contributed by atoms with Gasteiger partial charge in [0.15, 0.2) is 0 Å². The zero-order chi connectivity index (χ0) is 20.4. The number of halogens is 2. The van der Waals surface area contributed by atoms with Crippen molar-refractivity contribution in [1.29, 1.82) is 0 Å². The van der Waals surface area contributed by atoms with E-state index in [4.69, 9.17) is 34.7 Å². The molecule has 2 aromatic carbocycles. The van der Waals surface area contributed by atoms with Crippen molar-refractivity contribution in [3.63, 3.8) is 0 Å². The van der Waals surface area contributed by atoms with Gasteiger partial charge in [-0.3, -0.25) is 0 Å². The van der Waals surface area contributed by atoms with E-state index in [1.165, 1.54) is 12.1 Å². The van der Waals surface area contributed by atoms with E-state index in [0.717, 1.165) is 0 Å². The molecule has 8 nitrogen and oxygen atoms in total. The van der Waals surface area contributed by atoms with Crippen LogP contribution in [0, 0.1) is 13.8 Å². The maximum Gasteiger partial charge on any atom is 2.00 e. The molecule has 0 aliphatic carbocycles. The Hall–Kier alpha value is -0.300. The monoisotopic (exact) mass is 480 g/mol. The maximum absolute atomic E-state index is 10.7. The summed E-state index contributed by atoms with van der Waals surface area (Å²) in [7, 11) is -9.19. The van der Waals surface area contributed by atoms with E-state index < -0.39 is 30.0 Å². The van der Waals surface area contributed by atoms with Crippen molar-refractivity contribution in [2.75, 3.05) is 11.5 Å². The van der Waals surface area contributed by atoms with Crippen LogP contribution in [0.4, 0.5) is 11.4 Å². The molecule has 0 saturated carbocycles. The Bertz CT molecular complexity index is 974. The number of rotatable bonds is 2. The summed E-state index contributed by atoms with van der Waals surface area (Å²) in [5.41, 5.74) is 11.7. The Morgan fingerprint density at radius 1 is 0.741 bits per heavy atom. The van der Waals surface area contributed by atoms with Crippen LogP contribution in [0.1, 0.15) is 11.1 Å². The summed E-state index contributed by atoms with van der Waals surface area (Å²) < 4.78 is 64.2. The van der Waals surface area contributed by atoms with Gasteiger partial charge in [0.25, 0.3) is 0 Å². The summed E-state index contributed by atoms with van der Waals surface area (Å²) in [6.45, 7) is 3.20. The number of nitrogen functional groups attached to an aromatic ring is 2. The van der Waals surface area contributed by atoms with Crippen LogP contribution in [0.5, 0.6) is 0 Å². The van der Waals surface area contributed by atoms with Crippen molar-refractivity contribution in [1.82, 2.24) is 0 Å². The van der Waals surface area contributed by atoms with Crippen LogP contribution in [0.15, 0.2) is 34.1 Å². The van der Waals surface area contributed by atoms with Crippen LogP contribution in [0.25, 0.3) is 0 Å². The number of hydrogen-bond acceptors (Lipinski definition) is 8. The van der Waals surface area contributed by atoms with Crippen molar-refractivity contribution in [3.05, 3.63) is 45.4 Å². The molecule has 0 aliphatic heterocycles. The number of hydrogen-bond donors (Lipinski definition) is 2. The quantitative estimate of drug-likeness (QED) is 0.373. The van der Waals surface area contributed by atoms with E-state index >= 15 is 0 Å². The minimum Gasteiger partial charge on any atom is -0.744 e. The van der Waals surface area contributed by atoms with E-state index in [1.54, 1.807) is 26.0 Å². The largest absolute Gasteiger partial charge is 2.00 e. The SMILES string of the molecule is Cc1ccc(Cl)c(S(=O)(=O)[O-])c1N.Cc1ccc(Cl)c(S(=O)(=O)[O-])c1N.[Ca+2]. The van der Waals surface area contributed by atoms with Gasteiger partial charge in [0, 0.05) is 0 Å². The molecule has 27 heavy (non-hydrogen) atoms. The van der Waals surface area contributed by atoms with Crippen molar-refractivity contribution in [3.8, 4) is 0 Å². The first-order chi connectivity index (χ1) is 11.7. The van der Waals surface area contributed by atoms with E-state index in [0.29, 0.717) is 11.1 Å². The average Bonchev–Trinajstić information content (AvgIpc) is 2.45. The van der Waals surface area contributed by atoms with Crippen LogP contribution in [0.2, 0.25) is 10.0 Å². The predicted molar refractivity (Wildman–Crippen MR) is 103 cm³/mol. The van der Waals surface area contributed by atoms with Crippen molar-refractivity contribution in [2.45, 2.75) is 23.6 Å². The van der Waals surface area contributed by atoms with Gasteiger partial charge >= 0.3 is 37.7 Å². The van der Waals surface area contributed by atoms with Crippen molar-refractivity contribution in [2.24, 2.45) is 0 Å². The molecule has 144 valence electrons. The van der Waals surface area contributed by atoms with Gasteiger partial charge in [0.05, 0.1) is 31.2 Å². The first kappa shape index (κ1) is 26.7. The molecule has 0 saturated heterocycles. The number of nitrogens with two attached hydrogens (primary N) is 2. The fourth-order valence-electron chi connectivity index (χ4n) is 1.85. The summed E-state index contributed by atoms with van der Waals surface area (Å²) in [6.07, 6.45) is 0. The standard InChI is InChI=1S/2C7H8ClNO3S.Ca/c2*1-4-2-3-5(8)7(6(4)9)13(10,11)12;/h2*2-3H,9H2,1H3,(H,10,11,12);/q;;+2/p-2. The Morgan fingerprint density at radius 3 is 1.19 bits per heavy atom. The Labute approximate surface area is 197 Å². The third kappa shape index (κ3) is 6.91. The summed E-state index contributed by atoms with van der Waals surface area (Å²) in [5, 5.41) is -0.281. The first-order valence-electron chi connectivity index (χ1n) is 6.68. The third-order valence-corrected chi connectivity index (χ3v) is 5.97. The van der Waals surface area contributed by atoms with Gasteiger partial charge in [0.1, 0.15) is 20.2 Å². The second kappa shape index (κ2) is 9.95.